The van der Waals surface area contributed by atoms with Crippen LogP contribution >= 0.6 is 15.9 Å². The number of benzene rings is 1. The highest BCUT2D eigenvalue weighted by Gasteiger charge is 2.52. The second kappa shape index (κ2) is 6.17. The molecule has 0 amide bonds. The van der Waals surface area contributed by atoms with Crippen LogP contribution in [0.5, 0.6) is 0 Å². The van der Waals surface area contributed by atoms with Gasteiger partial charge in [-0.15, -0.1) is 0 Å². The Balaban J connectivity index is 2.12. The van der Waals surface area contributed by atoms with E-state index in [-0.39, 0.29) is 5.97 Å². The molecule has 4 heteroatoms. The van der Waals surface area contributed by atoms with Gasteiger partial charge in [-0.2, -0.15) is 0 Å². The SMILES string of the molecule is CCOC(=O)C1(Nc2ccc(Br)cc2)CC(C(C)C)C1. The normalized spacial score (nSPS) is 25.1. The van der Waals surface area contributed by atoms with E-state index in [1.165, 1.54) is 0 Å². The highest BCUT2D eigenvalue weighted by molar-refractivity contribution is 9.10. The minimum absolute atomic E-state index is 0.125. The Morgan fingerprint density at radius 1 is 1.40 bits per heavy atom. The van der Waals surface area contributed by atoms with Crippen molar-refractivity contribution < 1.29 is 9.53 Å². The Bertz CT molecular complexity index is 464. The maximum Gasteiger partial charge on any atom is 0.331 e. The van der Waals surface area contributed by atoms with Gasteiger partial charge in [-0.1, -0.05) is 29.8 Å². The molecule has 3 nitrogen and oxygen atoms in total. The molecule has 1 aromatic carbocycles. The minimum Gasteiger partial charge on any atom is -0.464 e. The summed E-state index contributed by atoms with van der Waals surface area (Å²) >= 11 is 3.42. The van der Waals surface area contributed by atoms with Crippen molar-refractivity contribution >= 4 is 27.6 Å². The Kier molecular flexibility index (Phi) is 4.74. The molecule has 1 aromatic rings. The summed E-state index contributed by atoms with van der Waals surface area (Å²) in [5.41, 5.74) is 0.419. The molecule has 0 radical (unpaired) electrons. The standard InChI is InChI=1S/C16H22BrNO2/c1-4-20-15(19)16(9-12(10-16)11(2)3)18-14-7-5-13(17)6-8-14/h5-8,11-12,18H,4,9-10H2,1-3H3. The minimum atomic E-state index is -0.543. The molecule has 110 valence electrons. The van der Waals surface area contributed by atoms with Crippen LogP contribution in [0.25, 0.3) is 0 Å². The predicted octanol–water partition coefficient (Wildman–Crippen LogP) is 4.23. The van der Waals surface area contributed by atoms with Gasteiger partial charge >= 0.3 is 5.97 Å². The zero-order valence-corrected chi connectivity index (χ0v) is 13.9. The molecule has 0 atom stereocenters. The van der Waals surface area contributed by atoms with E-state index in [0.29, 0.717) is 18.4 Å². The Morgan fingerprint density at radius 2 is 2.00 bits per heavy atom. The highest BCUT2D eigenvalue weighted by atomic mass is 79.9. The van der Waals surface area contributed by atoms with Gasteiger partial charge in [-0.3, -0.25) is 0 Å². The highest BCUT2D eigenvalue weighted by Crippen LogP contribution is 2.45. The summed E-state index contributed by atoms with van der Waals surface area (Å²) in [7, 11) is 0. The molecule has 0 unspecified atom stereocenters. The molecule has 1 saturated carbocycles. The molecule has 1 fully saturated rings. The van der Waals surface area contributed by atoms with E-state index >= 15 is 0 Å². The maximum absolute atomic E-state index is 12.3. The van der Waals surface area contributed by atoms with Gasteiger partial charge in [0.25, 0.3) is 0 Å². The van der Waals surface area contributed by atoms with Crippen LogP contribution in [0.15, 0.2) is 28.7 Å². The number of halogens is 1. The first kappa shape index (κ1) is 15.4. The largest absolute Gasteiger partial charge is 0.464 e. The van der Waals surface area contributed by atoms with Crippen LogP contribution in [0.2, 0.25) is 0 Å². The van der Waals surface area contributed by atoms with Gasteiger partial charge in [0.2, 0.25) is 0 Å². The lowest BCUT2D eigenvalue weighted by Gasteiger charge is -2.48. The molecule has 0 bridgehead atoms. The van der Waals surface area contributed by atoms with E-state index < -0.39 is 5.54 Å². The Labute approximate surface area is 129 Å². The van der Waals surface area contributed by atoms with E-state index in [4.69, 9.17) is 4.74 Å². The summed E-state index contributed by atoms with van der Waals surface area (Å²) in [5, 5.41) is 3.39. The first-order valence-electron chi connectivity index (χ1n) is 7.18. The smallest absolute Gasteiger partial charge is 0.331 e. The molecule has 0 saturated heterocycles. The van der Waals surface area contributed by atoms with Gasteiger partial charge in [0, 0.05) is 10.2 Å². The number of carbonyl (C=O) groups excluding carboxylic acids is 1. The third-order valence-electron chi connectivity index (χ3n) is 4.06. The summed E-state index contributed by atoms with van der Waals surface area (Å²) < 4.78 is 6.29. The fourth-order valence-corrected chi connectivity index (χ4v) is 2.97. The van der Waals surface area contributed by atoms with Gasteiger partial charge in [0.05, 0.1) is 6.61 Å². The summed E-state index contributed by atoms with van der Waals surface area (Å²) in [5.74, 6) is 1.06. The van der Waals surface area contributed by atoms with Crippen molar-refractivity contribution in [3.8, 4) is 0 Å². The molecule has 0 aliphatic heterocycles. The number of carbonyl (C=O) groups is 1. The van der Waals surface area contributed by atoms with Crippen molar-refractivity contribution in [1.29, 1.82) is 0 Å². The second-order valence-corrected chi connectivity index (χ2v) is 6.76. The number of rotatable bonds is 5. The van der Waals surface area contributed by atoms with E-state index in [2.05, 4.69) is 35.1 Å². The van der Waals surface area contributed by atoms with Crippen molar-refractivity contribution in [2.45, 2.75) is 39.2 Å². The number of hydrogen-bond donors (Lipinski definition) is 1. The van der Waals surface area contributed by atoms with Gasteiger partial charge < -0.3 is 10.1 Å². The van der Waals surface area contributed by atoms with Crippen LogP contribution < -0.4 is 5.32 Å². The number of nitrogens with one attached hydrogen (secondary N) is 1. The van der Waals surface area contributed by atoms with E-state index in [1.807, 2.05) is 31.2 Å². The van der Waals surface area contributed by atoms with Crippen LogP contribution in [-0.2, 0) is 9.53 Å². The van der Waals surface area contributed by atoms with Crippen molar-refractivity contribution in [1.82, 2.24) is 0 Å². The third kappa shape index (κ3) is 3.17. The first-order chi connectivity index (χ1) is 9.47. The van der Waals surface area contributed by atoms with Crippen molar-refractivity contribution in [3.05, 3.63) is 28.7 Å². The summed E-state index contributed by atoms with van der Waals surface area (Å²) in [6.07, 6.45) is 1.69. The Hall–Kier alpha value is -1.03. The van der Waals surface area contributed by atoms with Crippen molar-refractivity contribution in [3.63, 3.8) is 0 Å². The van der Waals surface area contributed by atoms with E-state index in [9.17, 15) is 4.79 Å². The summed E-state index contributed by atoms with van der Waals surface area (Å²) in [6, 6.07) is 7.90. The van der Waals surface area contributed by atoms with Crippen LogP contribution in [0.3, 0.4) is 0 Å². The zero-order chi connectivity index (χ0) is 14.8. The molecule has 1 aliphatic carbocycles. The fraction of sp³-hybridized carbons (Fsp3) is 0.562. The molecule has 1 N–H and O–H groups in total. The molecule has 2 rings (SSSR count). The molecule has 0 heterocycles. The van der Waals surface area contributed by atoms with E-state index in [0.717, 1.165) is 23.0 Å². The number of ether oxygens (including phenoxy) is 1. The van der Waals surface area contributed by atoms with Gasteiger partial charge in [-0.05, 0) is 55.9 Å². The van der Waals surface area contributed by atoms with Crippen LogP contribution in [0.1, 0.15) is 33.6 Å². The van der Waals surface area contributed by atoms with Crippen LogP contribution in [0.4, 0.5) is 5.69 Å². The molecule has 0 aromatic heterocycles. The maximum atomic E-state index is 12.3. The zero-order valence-electron chi connectivity index (χ0n) is 12.3. The van der Waals surface area contributed by atoms with Crippen molar-refractivity contribution in [2.75, 3.05) is 11.9 Å². The molecular weight excluding hydrogens is 318 g/mol. The molecule has 0 spiro atoms. The fourth-order valence-electron chi connectivity index (χ4n) is 2.71. The molecule has 1 aliphatic rings. The summed E-state index contributed by atoms with van der Waals surface area (Å²) in [6.45, 7) is 6.69. The van der Waals surface area contributed by atoms with Gasteiger partial charge in [-0.25, -0.2) is 4.79 Å². The monoisotopic (exact) mass is 339 g/mol. The topological polar surface area (TPSA) is 38.3 Å². The number of esters is 1. The number of hydrogen-bond acceptors (Lipinski definition) is 3. The lowest BCUT2D eigenvalue weighted by Crippen LogP contribution is -2.58. The molecule has 20 heavy (non-hydrogen) atoms. The predicted molar refractivity (Wildman–Crippen MR) is 84.7 cm³/mol. The van der Waals surface area contributed by atoms with Crippen molar-refractivity contribution in [2.24, 2.45) is 11.8 Å². The van der Waals surface area contributed by atoms with Gasteiger partial charge in [0.1, 0.15) is 5.54 Å². The second-order valence-electron chi connectivity index (χ2n) is 5.85. The van der Waals surface area contributed by atoms with Gasteiger partial charge in [0.15, 0.2) is 0 Å². The Morgan fingerprint density at radius 3 is 2.50 bits per heavy atom. The quantitative estimate of drug-likeness (QED) is 0.816. The molecular formula is C16H22BrNO2. The van der Waals surface area contributed by atoms with Crippen LogP contribution in [-0.4, -0.2) is 18.1 Å². The van der Waals surface area contributed by atoms with E-state index in [1.54, 1.807) is 0 Å². The van der Waals surface area contributed by atoms with Crippen LogP contribution in [0, 0.1) is 11.8 Å². The first-order valence-corrected chi connectivity index (χ1v) is 7.97. The number of anilines is 1. The lowest BCUT2D eigenvalue weighted by molar-refractivity contribution is -0.154. The average Bonchev–Trinajstić information content (AvgIpc) is 2.35. The average molecular weight is 340 g/mol. The summed E-state index contributed by atoms with van der Waals surface area (Å²) in [4.78, 5) is 12.3. The lowest BCUT2D eigenvalue weighted by atomic mass is 9.64. The third-order valence-corrected chi connectivity index (χ3v) is 4.59.